The first kappa shape index (κ1) is 13.5. The molecule has 0 spiro atoms. The summed E-state index contributed by atoms with van der Waals surface area (Å²) in [6, 6.07) is 7.04. The maximum atomic E-state index is 11.6. The van der Waals surface area contributed by atoms with Crippen molar-refractivity contribution < 1.29 is 13.2 Å². The molecule has 1 aromatic rings. The molecule has 5 heteroatoms. The van der Waals surface area contributed by atoms with Gasteiger partial charge in [0, 0.05) is 7.11 Å². The fraction of sp³-hybridized carbons (Fsp3) is 0.538. The molecule has 1 aliphatic rings. The van der Waals surface area contributed by atoms with Gasteiger partial charge in [-0.05, 0) is 43.2 Å². The highest BCUT2D eigenvalue weighted by atomic mass is 32.2. The highest BCUT2D eigenvalue weighted by molar-refractivity contribution is 7.89. The van der Waals surface area contributed by atoms with Crippen LogP contribution in [0.15, 0.2) is 29.2 Å². The first-order chi connectivity index (χ1) is 8.52. The summed E-state index contributed by atoms with van der Waals surface area (Å²) in [6.07, 6.45) is 4.15. The second kappa shape index (κ2) is 5.38. The second-order valence-corrected chi connectivity index (χ2v) is 6.32. The fourth-order valence-corrected chi connectivity index (χ4v) is 3.52. The zero-order valence-corrected chi connectivity index (χ0v) is 11.3. The first-order valence-corrected chi connectivity index (χ1v) is 7.71. The molecule has 2 N–H and O–H groups in total. The maximum absolute atomic E-state index is 11.6. The number of primary sulfonamides is 1. The molecule has 0 bridgehead atoms. The van der Waals surface area contributed by atoms with Crippen LogP contribution >= 0.6 is 0 Å². The van der Waals surface area contributed by atoms with Gasteiger partial charge in [0.25, 0.3) is 0 Å². The molecule has 0 saturated heterocycles. The number of sulfonamides is 1. The maximum Gasteiger partial charge on any atom is 0.238 e. The minimum Gasteiger partial charge on any atom is -0.381 e. The number of hydrogen-bond acceptors (Lipinski definition) is 3. The van der Waals surface area contributed by atoms with E-state index in [1.54, 1.807) is 19.2 Å². The van der Waals surface area contributed by atoms with E-state index in [1.807, 2.05) is 12.1 Å². The van der Waals surface area contributed by atoms with Gasteiger partial charge in [0.2, 0.25) is 10.0 Å². The minimum absolute atomic E-state index is 0.269. The smallest absolute Gasteiger partial charge is 0.238 e. The number of hydrogen-bond donors (Lipinski definition) is 1. The molecule has 2 rings (SSSR count). The van der Waals surface area contributed by atoms with Crippen LogP contribution in [0.3, 0.4) is 0 Å². The molecule has 1 saturated carbocycles. The Morgan fingerprint density at radius 3 is 2.33 bits per heavy atom. The molecule has 0 amide bonds. The summed E-state index contributed by atoms with van der Waals surface area (Å²) in [5.41, 5.74) is 0.856. The Kier molecular flexibility index (Phi) is 4.04. The number of benzene rings is 1. The van der Waals surface area contributed by atoms with Crippen molar-refractivity contribution in [3.63, 3.8) is 0 Å². The van der Waals surface area contributed by atoms with Crippen LogP contribution in [0, 0.1) is 0 Å². The summed E-state index contributed by atoms with van der Waals surface area (Å²) in [6.45, 7) is 0. The summed E-state index contributed by atoms with van der Waals surface area (Å²) in [7, 11) is -1.91. The van der Waals surface area contributed by atoms with E-state index in [4.69, 9.17) is 9.88 Å². The highest BCUT2D eigenvalue weighted by Gasteiger charge is 2.26. The van der Waals surface area contributed by atoms with Gasteiger partial charge in [0.15, 0.2) is 0 Å². The van der Waals surface area contributed by atoms with Gasteiger partial charge in [-0.3, -0.25) is 0 Å². The third kappa shape index (κ3) is 2.91. The Bertz CT molecular complexity index is 505. The van der Waals surface area contributed by atoms with E-state index >= 15 is 0 Å². The molecule has 1 aromatic carbocycles. The lowest BCUT2D eigenvalue weighted by molar-refractivity contribution is 0.0656. The van der Waals surface area contributed by atoms with Crippen molar-refractivity contribution in [2.75, 3.05) is 7.11 Å². The Labute approximate surface area is 108 Å². The van der Waals surface area contributed by atoms with Crippen molar-refractivity contribution in [3.05, 3.63) is 29.8 Å². The van der Waals surface area contributed by atoms with Gasteiger partial charge in [-0.25, -0.2) is 13.6 Å². The molecule has 0 heterocycles. The van der Waals surface area contributed by atoms with Crippen LogP contribution in [0.2, 0.25) is 0 Å². The van der Waals surface area contributed by atoms with E-state index in [0.717, 1.165) is 31.2 Å². The Morgan fingerprint density at radius 2 is 1.78 bits per heavy atom. The molecule has 18 heavy (non-hydrogen) atoms. The Morgan fingerprint density at radius 1 is 1.17 bits per heavy atom. The normalized spacial score (nSPS) is 25.0. The number of methoxy groups -OCH3 is 1. The second-order valence-electron chi connectivity index (χ2n) is 4.79. The van der Waals surface area contributed by atoms with Crippen molar-refractivity contribution in [1.82, 2.24) is 0 Å². The third-order valence-electron chi connectivity index (χ3n) is 3.67. The van der Waals surface area contributed by atoms with Crippen LogP contribution in [0.5, 0.6) is 0 Å². The molecule has 0 aromatic heterocycles. The van der Waals surface area contributed by atoms with Crippen molar-refractivity contribution in [2.24, 2.45) is 5.14 Å². The zero-order chi connectivity index (χ0) is 13.2. The molecule has 0 radical (unpaired) electrons. The van der Waals surface area contributed by atoms with Crippen LogP contribution in [-0.2, 0) is 14.8 Å². The largest absolute Gasteiger partial charge is 0.381 e. The Hall–Kier alpha value is -0.910. The molecule has 1 aliphatic carbocycles. The predicted octanol–water partition coefficient (Wildman–Crippen LogP) is 2.01. The lowest BCUT2D eigenvalue weighted by Crippen LogP contribution is -2.22. The standard InChI is InChI=1S/C13H19NO3S/c1-17-11-8-6-10(7-9-11)12-4-2-3-5-13(12)18(14,15)16/h2-5,10-11H,6-9H2,1H3,(H2,14,15,16)/t10-,11-. The van der Waals surface area contributed by atoms with Crippen molar-refractivity contribution in [1.29, 1.82) is 0 Å². The average Bonchev–Trinajstić information content (AvgIpc) is 2.38. The van der Waals surface area contributed by atoms with Crippen LogP contribution in [0.1, 0.15) is 37.2 Å². The van der Waals surface area contributed by atoms with Crippen molar-refractivity contribution >= 4 is 10.0 Å². The van der Waals surface area contributed by atoms with E-state index < -0.39 is 10.0 Å². The van der Waals surface area contributed by atoms with Gasteiger partial charge in [-0.1, -0.05) is 18.2 Å². The lowest BCUT2D eigenvalue weighted by atomic mass is 9.83. The average molecular weight is 269 g/mol. The van der Waals surface area contributed by atoms with Gasteiger partial charge >= 0.3 is 0 Å². The number of rotatable bonds is 3. The molecular weight excluding hydrogens is 250 g/mol. The summed E-state index contributed by atoms with van der Waals surface area (Å²) in [4.78, 5) is 0.269. The molecule has 0 atom stereocenters. The molecule has 0 aliphatic heterocycles. The number of nitrogens with two attached hydrogens (primary N) is 1. The molecular formula is C13H19NO3S. The highest BCUT2D eigenvalue weighted by Crippen LogP contribution is 2.36. The van der Waals surface area contributed by atoms with E-state index in [1.165, 1.54) is 0 Å². The van der Waals surface area contributed by atoms with Crippen LogP contribution in [0.4, 0.5) is 0 Å². The van der Waals surface area contributed by atoms with E-state index in [2.05, 4.69) is 0 Å². The lowest BCUT2D eigenvalue weighted by Gasteiger charge is -2.28. The van der Waals surface area contributed by atoms with Crippen LogP contribution < -0.4 is 5.14 Å². The predicted molar refractivity (Wildman–Crippen MR) is 69.8 cm³/mol. The van der Waals surface area contributed by atoms with Gasteiger partial charge in [0.05, 0.1) is 11.0 Å². The number of ether oxygens (including phenoxy) is 1. The molecule has 4 nitrogen and oxygen atoms in total. The topological polar surface area (TPSA) is 69.4 Å². The fourth-order valence-electron chi connectivity index (χ4n) is 2.69. The third-order valence-corrected chi connectivity index (χ3v) is 4.66. The summed E-state index contributed by atoms with van der Waals surface area (Å²) in [5, 5.41) is 5.27. The van der Waals surface area contributed by atoms with Gasteiger partial charge in [-0.2, -0.15) is 0 Å². The zero-order valence-electron chi connectivity index (χ0n) is 10.5. The van der Waals surface area contributed by atoms with Crippen molar-refractivity contribution in [3.8, 4) is 0 Å². The van der Waals surface area contributed by atoms with Gasteiger partial charge < -0.3 is 4.74 Å². The summed E-state index contributed by atoms with van der Waals surface area (Å²) < 4.78 is 28.5. The molecule has 1 fully saturated rings. The van der Waals surface area contributed by atoms with Gasteiger partial charge in [-0.15, -0.1) is 0 Å². The quantitative estimate of drug-likeness (QED) is 0.912. The van der Waals surface area contributed by atoms with E-state index in [-0.39, 0.29) is 10.8 Å². The van der Waals surface area contributed by atoms with Crippen LogP contribution in [0.25, 0.3) is 0 Å². The Balaban J connectivity index is 2.25. The van der Waals surface area contributed by atoms with Crippen LogP contribution in [-0.4, -0.2) is 21.6 Å². The molecule has 100 valence electrons. The van der Waals surface area contributed by atoms with Gasteiger partial charge in [0.1, 0.15) is 0 Å². The first-order valence-electron chi connectivity index (χ1n) is 6.17. The molecule has 0 unspecified atom stereocenters. The minimum atomic E-state index is -3.63. The van der Waals surface area contributed by atoms with E-state index in [9.17, 15) is 8.42 Å². The van der Waals surface area contributed by atoms with E-state index in [0.29, 0.717) is 6.10 Å². The monoisotopic (exact) mass is 269 g/mol. The summed E-state index contributed by atoms with van der Waals surface area (Å²) in [5.74, 6) is 0.269. The van der Waals surface area contributed by atoms with Crippen molar-refractivity contribution in [2.45, 2.75) is 42.6 Å². The SMILES string of the molecule is CO[C@H]1CC[C@H](c2ccccc2S(N)(=O)=O)CC1. The summed E-state index contributed by atoms with van der Waals surface area (Å²) >= 11 is 0.